The van der Waals surface area contributed by atoms with Crippen LogP contribution < -0.4 is 5.32 Å². The lowest BCUT2D eigenvalue weighted by Gasteiger charge is -2.11. The van der Waals surface area contributed by atoms with Gasteiger partial charge < -0.3 is 10.4 Å². The maximum atomic E-state index is 12.0. The second-order valence-electron chi connectivity index (χ2n) is 4.24. The van der Waals surface area contributed by atoms with Crippen molar-refractivity contribution in [2.24, 2.45) is 0 Å². The SMILES string of the molecule is CC(C(=O)NCc1sccc1/C=C/C(=O)O)n1cncn1. The highest BCUT2D eigenvalue weighted by Gasteiger charge is 2.15. The fourth-order valence-corrected chi connectivity index (χ4v) is 2.46. The Bertz CT molecular complexity index is 648. The van der Waals surface area contributed by atoms with Crippen molar-refractivity contribution in [3.63, 3.8) is 0 Å². The third-order valence-corrected chi connectivity index (χ3v) is 3.76. The van der Waals surface area contributed by atoms with E-state index in [4.69, 9.17) is 5.11 Å². The Kier molecular flexibility index (Phi) is 4.83. The number of thiophene rings is 1. The molecule has 8 heteroatoms. The number of aromatic nitrogens is 3. The molecule has 110 valence electrons. The molecule has 0 spiro atoms. The molecule has 1 atom stereocenters. The molecule has 2 aromatic heterocycles. The molecular weight excluding hydrogens is 292 g/mol. The van der Waals surface area contributed by atoms with E-state index >= 15 is 0 Å². The Morgan fingerprint density at radius 2 is 2.38 bits per heavy atom. The van der Waals surface area contributed by atoms with Crippen molar-refractivity contribution in [3.05, 3.63) is 40.6 Å². The van der Waals surface area contributed by atoms with Gasteiger partial charge in [0, 0.05) is 11.0 Å². The quantitative estimate of drug-likeness (QED) is 0.784. The predicted octanol–water partition coefficient (Wildman–Crippen LogP) is 1.31. The van der Waals surface area contributed by atoms with Crippen LogP contribution in [0.5, 0.6) is 0 Å². The molecule has 2 N–H and O–H groups in total. The average molecular weight is 306 g/mol. The third kappa shape index (κ3) is 3.99. The van der Waals surface area contributed by atoms with Crippen LogP contribution in [0.15, 0.2) is 30.2 Å². The zero-order chi connectivity index (χ0) is 15.2. The first kappa shape index (κ1) is 14.9. The lowest BCUT2D eigenvalue weighted by molar-refractivity contribution is -0.131. The van der Waals surface area contributed by atoms with Crippen molar-refractivity contribution in [2.75, 3.05) is 0 Å². The molecule has 0 saturated carbocycles. The highest BCUT2D eigenvalue weighted by molar-refractivity contribution is 7.10. The maximum Gasteiger partial charge on any atom is 0.328 e. The van der Waals surface area contributed by atoms with E-state index in [1.165, 1.54) is 34.7 Å². The molecule has 0 radical (unpaired) electrons. The van der Waals surface area contributed by atoms with E-state index in [9.17, 15) is 9.59 Å². The second-order valence-corrected chi connectivity index (χ2v) is 5.24. The zero-order valence-electron chi connectivity index (χ0n) is 11.3. The molecule has 1 amide bonds. The summed E-state index contributed by atoms with van der Waals surface area (Å²) >= 11 is 1.46. The van der Waals surface area contributed by atoms with Crippen LogP contribution in [-0.2, 0) is 16.1 Å². The van der Waals surface area contributed by atoms with Crippen molar-refractivity contribution < 1.29 is 14.7 Å². The topological polar surface area (TPSA) is 97.1 Å². The number of carboxylic acid groups (broad SMARTS) is 1. The third-order valence-electron chi connectivity index (χ3n) is 2.82. The van der Waals surface area contributed by atoms with E-state index in [-0.39, 0.29) is 5.91 Å². The summed E-state index contributed by atoms with van der Waals surface area (Å²) in [6.07, 6.45) is 5.45. The Labute approximate surface area is 124 Å². The summed E-state index contributed by atoms with van der Waals surface area (Å²) in [5, 5.41) is 17.2. The molecule has 2 heterocycles. The zero-order valence-corrected chi connectivity index (χ0v) is 12.1. The first-order valence-electron chi connectivity index (χ1n) is 6.17. The van der Waals surface area contributed by atoms with Crippen molar-refractivity contribution in [3.8, 4) is 0 Å². The van der Waals surface area contributed by atoms with Gasteiger partial charge in [0.05, 0.1) is 6.54 Å². The number of carbonyl (C=O) groups is 2. The van der Waals surface area contributed by atoms with Crippen molar-refractivity contribution in [1.82, 2.24) is 20.1 Å². The standard InChI is InChI=1S/C13H14N4O3S/c1-9(17-8-14-7-16-17)13(20)15-6-11-10(4-5-21-11)2-3-12(18)19/h2-5,7-9H,6H2,1H3,(H,15,20)(H,18,19)/b3-2+. The van der Waals surface area contributed by atoms with Gasteiger partial charge in [0.25, 0.3) is 0 Å². The van der Waals surface area contributed by atoms with Crippen LogP contribution in [0.25, 0.3) is 6.08 Å². The highest BCUT2D eigenvalue weighted by Crippen LogP contribution is 2.18. The predicted molar refractivity (Wildman–Crippen MR) is 77.6 cm³/mol. The van der Waals surface area contributed by atoms with Gasteiger partial charge in [0.2, 0.25) is 5.91 Å². The number of hydrogen-bond acceptors (Lipinski definition) is 5. The smallest absolute Gasteiger partial charge is 0.328 e. The fourth-order valence-electron chi connectivity index (χ4n) is 1.66. The van der Waals surface area contributed by atoms with Gasteiger partial charge in [-0.1, -0.05) is 0 Å². The van der Waals surface area contributed by atoms with Crippen LogP contribution in [0.4, 0.5) is 0 Å². The first-order chi connectivity index (χ1) is 10.1. The molecular formula is C13H14N4O3S. The van der Waals surface area contributed by atoms with E-state index in [0.29, 0.717) is 6.54 Å². The summed E-state index contributed by atoms with van der Waals surface area (Å²) in [5.74, 6) is -1.18. The number of aliphatic carboxylic acids is 1. The minimum atomic E-state index is -1.00. The average Bonchev–Trinajstić information content (AvgIpc) is 3.12. The number of carbonyl (C=O) groups excluding carboxylic acids is 1. The summed E-state index contributed by atoms with van der Waals surface area (Å²) < 4.78 is 1.47. The molecule has 0 fully saturated rings. The largest absolute Gasteiger partial charge is 0.478 e. The monoisotopic (exact) mass is 306 g/mol. The summed E-state index contributed by atoms with van der Waals surface area (Å²) in [5.41, 5.74) is 0.788. The van der Waals surface area contributed by atoms with Crippen LogP contribution in [0.3, 0.4) is 0 Å². The van der Waals surface area contributed by atoms with Gasteiger partial charge in [-0.15, -0.1) is 11.3 Å². The summed E-state index contributed by atoms with van der Waals surface area (Å²) in [6, 6.07) is 1.36. The van der Waals surface area contributed by atoms with Crippen molar-refractivity contribution >= 4 is 29.3 Å². The number of rotatable bonds is 6. The summed E-state index contributed by atoms with van der Waals surface area (Å²) in [6.45, 7) is 2.07. The number of hydrogen-bond donors (Lipinski definition) is 2. The summed E-state index contributed by atoms with van der Waals surface area (Å²) in [7, 11) is 0. The molecule has 0 aliphatic rings. The Hall–Kier alpha value is -2.48. The summed E-state index contributed by atoms with van der Waals surface area (Å²) in [4.78, 5) is 27.2. The maximum absolute atomic E-state index is 12.0. The molecule has 0 aromatic carbocycles. The Morgan fingerprint density at radius 3 is 3.05 bits per heavy atom. The lowest BCUT2D eigenvalue weighted by Crippen LogP contribution is -2.30. The van der Waals surface area contributed by atoms with E-state index in [0.717, 1.165) is 16.5 Å². The van der Waals surface area contributed by atoms with E-state index in [2.05, 4.69) is 15.4 Å². The number of nitrogens with zero attached hydrogens (tertiary/aromatic N) is 3. The van der Waals surface area contributed by atoms with Crippen molar-refractivity contribution in [2.45, 2.75) is 19.5 Å². The van der Waals surface area contributed by atoms with Crippen LogP contribution in [-0.4, -0.2) is 31.7 Å². The van der Waals surface area contributed by atoms with Crippen LogP contribution >= 0.6 is 11.3 Å². The molecule has 1 unspecified atom stereocenters. The first-order valence-corrected chi connectivity index (χ1v) is 7.05. The molecule has 2 aromatic rings. The van der Waals surface area contributed by atoms with E-state index < -0.39 is 12.0 Å². The lowest BCUT2D eigenvalue weighted by atomic mass is 10.2. The molecule has 7 nitrogen and oxygen atoms in total. The fraction of sp³-hybridized carbons (Fsp3) is 0.231. The van der Waals surface area contributed by atoms with Gasteiger partial charge in [-0.2, -0.15) is 5.10 Å². The van der Waals surface area contributed by atoms with E-state index in [1.807, 2.05) is 11.4 Å². The van der Waals surface area contributed by atoms with Crippen molar-refractivity contribution in [1.29, 1.82) is 0 Å². The van der Waals surface area contributed by atoms with Crippen LogP contribution in [0, 0.1) is 0 Å². The second kappa shape index (κ2) is 6.80. The number of carboxylic acids is 1. The molecule has 0 aliphatic carbocycles. The molecule has 0 bridgehead atoms. The molecule has 21 heavy (non-hydrogen) atoms. The van der Waals surface area contributed by atoms with Crippen LogP contribution in [0.2, 0.25) is 0 Å². The van der Waals surface area contributed by atoms with Crippen LogP contribution in [0.1, 0.15) is 23.4 Å². The molecule has 0 saturated heterocycles. The Balaban J connectivity index is 1.96. The van der Waals surface area contributed by atoms with Gasteiger partial charge in [0.15, 0.2) is 0 Å². The van der Waals surface area contributed by atoms with Gasteiger partial charge in [-0.05, 0) is 30.0 Å². The van der Waals surface area contributed by atoms with E-state index in [1.54, 1.807) is 6.92 Å². The molecule has 0 aliphatic heterocycles. The van der Waals surface area contributed by atoms with Gasteiger partial charge in [-0.25, -0.2) is 14.5 Å². The van der Waals surface area contributed by atoms with Gasteiger partial charge in [0.1, 0.15) is 18.7 Å². The Morgan fingerprint density at radius 1 is 1.57 bits per heavy atom. The number of amides is 1. The minimum Gasteiger partial charge on any atom is -0.478 e. The molecule has 2 rings (SSSR count). The highest BCUT2D eigenvalue weighted by atomic mass is 32.1. The minimum absolute atomic E-state index is 0.179. The van der Waals surface area contributed by atoms with Gasteiger partial charge >= 0.3 is 5.97 Å². The number of nitrogens with one attached hydrogen (secondary N) is 1. The van der Waals surface area contributed by atoms with Gasteiger partial charge in [-0.3, -0.25) is 4.79 Å². The normalized spacial score (nSPS) is 12.4.